The fraction of sp³-hybridized carbons (Fsp3) is 0.480. The van der Waals surface area contributed by atoms with Crippen LogP contribution in [-0.2, 0) is 12.1 Å². The molecule has 0 aromatic heterocycles. The Hall–Kier alpha value is -2.98. The van der Waals surface area contributed by atoms with E-state index in [1.54, 1.807) is 13.8 Å². The fourth-order valence-corrected chi connectivity index (χ4v) is 5.07. The molecule has 186 valence electrons. The third-order valence-corrected chi connectivity index (χ3v) is 7.09. The number of anilines is 1. The number of alkyl halides is 2. The molecule has 10 heteroatoms. The number of nitrogens with zero attached hydrogens (tertiary/aromatic N) is 5. The molecule has 35 heavy (non-hydrogen) atoms. The van der Waals surface area contributed by atoms with Crippen LogP contribution in [0.2, 0.25) is 0 Å². The second kappa shape index (κ2) is 8.91. The molecule has 1 saturated heterocycles. The highest BCUT2D eigenvalue weighted by Gasteiger charge is 2.38. The molecule has 0 radical (unpaired) electrons. The molecule has 4 heterocycles. The summed E-state index contributed by atoms with van der Waals surface area (Å²) in [6, 6.07) is 5.10. The minimum absolute atomic E-state index is 0.0804. The molecule has 0 aliphatic carbocycles. The zero-order valence-corrected chi connectivity index (χ0v) is 20.0. The third kappa shape index (κ3) is 4.18. The minimum atomic E-state index is -2.91. The summed E-state index contributed by atoms with van der Waals surface area (Å²) in [5.74, 6) is 1.06. The van der Waals surface area contributed by atoms with Gasteiger partial charge in [-0.1, -0.05) is 18.2 Å². The summed E-state index contributed by atoms with van der Waals surface area (Å²) in [4.78, 5) is 16.0. The van der Waals surface area contributed by atoms with Gasteiger partial charge in [0, 0.05) is 37.3 Å². The van der Waals surface area contributed by atoms with Crippen molar-refractivity contribution in [3.8, 4) is 11.4 Å². The lowest BCUT2D eigenvalue weighted by Crippen LogP contribution is -2.41. The molecule has 7 nitrogen and oxygen atoms in total. The number of likely N-dealkylation sites (tertiary alicyclic amines) is 1. The topological polar surface area (TPSA) is 78.6 Å². The highest BCUT2D eigenvalue weighted by molar-refractivity contribution is 5.67. The first-order chi connectivity index (χ1) is 16.7. The minimum Gasteiger partial charge on any atom is -0.385 e. The smallest absolute Gasteiger partial charge is 0.266 e. The monoisotopic (exact) mass is 486 g/mol. The number of pyridine rings is 1. The Bertz CT molecular complexity index is 1300. The van der Waals surface area contributed by atoms with Gasteiger partial charge in [0.25, 0.3) is 6.43 Å². The van der Waals surface area contributed by atoms with Gasteiger partial charge in [-0.05, 0) is 39.8 Å². The third-order valence-electron chi connectivity index (χ3n) is 7.09. The lowest BCUT2D eigenvalue weighted by molar-refractivity contribution is -0.0200. The molecule has 1 atom stereocenters. The van der Waals surface area contributed by atoms with Crippen molar-refractivity contribution in [1.29, 1.82) is 0 Å². The van der Waals surface area contributed by atoms with Crippen LogP contribution < -0.4 is 10.8 Å². The molecule has 0 unspecified atom stereocenters. The molecule has 0 saturated carbocycles. The molecule has 4 aliphatic heterocycles. The molecule has 0 bridgehead atoms. The molecule has 5 rings (SSSR count). The average Bonchev–Trinajstić information content (AvgIpc) is 3.31. The van der Waals surface area contributed by atoms with Gasteiger partial charge in [-0.25, -0.2) is 23.1 Å². The van der Waals surface area contributed by atoms with Gasteiger partial charge in [-0.15, -0.1) is 0 Å². The van der Waals surface area contributed by atoms with Crippen molar-refractivity contribution < 1.29 is 18.3 Å². The van der Waals surface area contributed by atoms with Crippen molar-refractivity contribution in [2.75, 3.05) is 32.0 Å². The normalized spacial score (nSPS) is 19.3. The maximum atomic E-state index is 14.8. The number of aliphatic hydroxyl groups is 1. The first kappa shape index (κ1) is 23.7. The van der Waals surface area contributed by atoms with Crippen LogP contribution in [0.3, 0.4) is 0 Å². The van der Waals surface area contributed by atoms with E-state index in [9.17, 15) is 18.3 Å². The van der Waals surface area contributed by atoms with E-state index >= 15 is 0 Å². The summed E-state index contributed by atoms with van der Waals surface area (Å²) < 4.78 is 43.3. The number of benzene rings is 1. The van der Waals surface area contributed by atoms with Gasteiger partial charge in [-0.2, -0.15) is 0 Å². The molecule has 1 aromatic rings. The van der Waals surface area contributed by atoms with Crippen LogP contribution in [-0.4, -0.2) is 51.2 Å². The second-order valence-electron chi connectivity index (χ2n) is 9.51. The largest absolute Gasteiger partial charge is 0.385 e. The molecular formula is C25H29F3N6O. The maximum absolute atomic E-state index is 14.8. The number of hydrogen-bond donors (Lipinski definition) is 2. The highest BCUT2D eigenvalue weighted by atomic mass is 19.3. The van der Waals surface area contributed by atoms with Crippen molar-refractivity contribution >= 4 is 5.82 Å². The Kier molecular flexibility index (Phi) is 6.04. The van der Waals surface area contributed by atoms with E-state index in [1.807, 2.05) is 17.7 Å². The first-order valence-corrected chi connectivity index (χ1v) is 11.9. The number of aromatic nitrogens is 3. The number of nitrogens with one attached hydrogen (secondary N) is 1. The number of piperidine rings is 1. The zero-order valence-electron chi connectivity index (χ0n) is 20.0. The number of fused-ring (bicyclic) bond motifs is 3. The van der Waals surface area contributed by atoms with Gasteiger partial charge < -0.3 is 19.9 Å². The Morgan fingerprint density at radius 2 is 1.86 bits per heavy atom. The lowest BCUT2D eigenvalue weighted by Gasteiger charge is -2.38. The number of hydrogen-bond acceptors (Lipinski definition) is 6. The summed E-state index contributed by atoms with van der Waals surface area (Å²) in [5, 5.41) is 15.0. The van der Waals surface area contributed by atoms with Gasteiger partial charge in [0.05, 0.1) is 22.8 Å². The predicted molar refractivity (Wildman–Crippen MR) is 126 cm³/mol. The Labute approximate surface area is 201 Å². The van der Waals surface area contributed by atoms with E-state index in [0.29, 0.717) is 48.6 Å². The molecule has 4 aliphatic rings. The quantitative estimate of drug-likeness (QED) is 0.587. The van der Waals surface area contributed by atoms with E-state index in [1.165, 1.54) is 12.1 Å². The van der Waals surface area contributed by atoms with Crippen molar-refractivity contribution in [2.24, 2.45) is 4.99 Å². The fourth-order valence-electron chi connectivity index (χ4n) is 5.07. The molecular weight excluding hydrogens is 457 g/mol. The van der Waals surface area contributed by atoms with E-state index in [-0.39, 0.29) is 5.56 Å². The van der Waals surface area contributed by atoms with Gasteiger partial charge in [0.15, 0.2) is 5.49 Å². The molecule has 0 spiro atoms. The van der Waals surface area contributed by atoms with E-state index in [4.69, 9.17) is 0 Å². The number of halogens is 3. The number of aryl methyl sites for hydroxylation is 1. The van der Waals surface area contributed by atoms with Gasteiger partial charge in [-0.3, -0.25) is 4.99 Å². The Balaban J connectivity index is 1.68. The first-order valence-electron chi connectivity index (χ1n) is 11.9. The standard InChI is InChI=1S/C25H29F3N6O/c1-14(16-5-4-6-17(20(16)26)21(27)28)30-22-18-13-19(25(35)7-10-33(3)11-8-25)24-29-9-12-34(24)23(18)32-15(2)31-22/h4-6,13-14,21,29,35H,7-12H2,1-3H3/t14-/m1/s1. The molecule has 1 aromatic carbocycles. The van der Waals surface area contributed by atoms with Crippen LogP contribution in [0.15, 0.2) is 29.3 Å². The van der Waals surface area contributed by atoms with Crippen LogP contribution in [0.4, 0.5) is 19.0 Å². The van der Waals surface area contributed by atoms with Crippen LogP contribution in [0, 0.1) is 12.7 Å². The van der Waals surface area contributed by atoms with Crippen LogP contribution >= 0.6 is 0 Å². The Morgan fingerprint density at radius 1 is 1.14 bits per heavy atom. The Morgan fingerprint density at radius 3 is 2.57 bits per heavy atom. The van der Waals surface area contributed by atoms with Crippen molar-refractivity contribution in [3.63, 3.8) is 0 Å². The molecule has 2 N–H and O–H groups in total. The second-order valence-corrected chi connectivity index (χ2v) is 9.51. The average molecular weight is 487 g/mol. The summed E-state index contributed by atoms with van der Waals surface area (Å²) in [6.45, 7) is 6.34. The predicted octanol–water partition coefficient (Wildman–Crippen LogP) is 3.77. The van der Waals surface area contributed by atoms with Crippen molar-refractivity contribution in [1.82, 2.24) is 19.4 Å². The van der Waals surface area contributed by atoms with Crippen LogP contribution in [0.5, 0.6) is 0 Å². The van der Waals surface area contributed by atoms with Crippen molar-refractivity contribution in [3.05, 3.63) is 58.1 Å². The maximum Gasteiger partial charge on any atom is 0.266 e. The summed E-state index contributed by atoms with van der Waals surface area (Å²) in [6.07, 6.45) is -1.73. The molecule has 1 fully saturated rings. The van der Waals surface area contributed by atoms with Gasteiger partial charge in [0.2, 0.25) is 0 Å². The van der Waals surface area contributed by atoms with E-state index in [0.717, 1.165) is 30.5 Å². The summed E-state index contributed by atoms with van der Waals surface area (Å²) in [7, 11) is 2.04. The van der Waals surface area contributed by atoms with E-state index < -0.39 is 29.4 Å². The summed E-state index contributed by atoms with van der Waals surface area (Å²) in [5.41, 5.74) is 0.194. The van der Waals surface area contributed by atoms with Gasteiger partial charge in [0.1, 0.15) is 23.3 Å². The SMILES string of the molecule is Cc1nc2n3c(c(C4(O)CCN(C)CC4)cc-2c(=N[C@H](C)c2cccc(C(F)F)c2F)n1)NCC3. The number of rotatable bonds is 4. The lowest BCUT2D eigenvalue weighted by atomic mass is 9.84. The van der Waals surface area contributed by atoms with Crippen LogP contribution in [0.25, 0.3) is 11.4 Å². The van der Waals surface area contributed by atoms with Crippen LogP contribution in [0.1, 0.15) is 54.7 Å². The highest BCUT2D eigenvalue weighted by Crippen LogP contribution is 2.41. The van der Waals surface area contributed by atoms with E-state index in [2.05, 4.69) is 25.2 Å². The van der Waals surface area contributed by atoms with Crippen molar-refractivity contribution in [2.45, 2.75) is 51.3 Å². The summed E-state index contributed by atoms with van der Waals surface area (Å²) >= 11 is 0. The molecule has 0 amide bonds. The van der Waals surface area contributed by atoms with Gasteiger partial charge >= 0.3 is 0 Å². The zero-order chi connectivity index (χ0) is 24.9.